The van der Waals surface area contributed by atoms with Gasteiger partial charge in [-0.25, -0.2) is 4.98 Å². The van der Waals surface area contributed by atoms with Gasteiger partial charge in [-0.05, 0) is 18.6 Å². The molecule has 0 radical (unpaired) electrons. The number of benzene rings is 1. The van der Waals surface area contributed by atoms with Gasteiger partial charge in [-0.3, -0.25) is 4.79 Å². The van der Waals surface area contributed by atoms with Crippen LogP contribution in [-0.4, -0.2) is 22.6 Å². The van der Waals surface area contributed by atoms with Crippen molar-refractivity contribution in [2.75, 3.05) is 12.4 Å². The summed E-state index contributed by atoms with van der Waals surface area (Å²) in [5, 5.41) is 2.95. The van der Waals surface area contributed by atoms with Crippen molar-refractivity contribution in [1.29, 1.82) is 0 Å². The van der Waals surface area contributed by atoms with E-state index >= 15 is 0 Å². The SMILES string of the molecule is COc1cccc(NC(=O)C2CCn3ccnc3C2)c1. The highest BCUT2D eigenvalue weighted by molar-refractivity contribution is 5.92. The summed E-state index contributed by atoms with van der Waals surface area (Å²) in [7, 11) is 1.61. The molecule has 0 spiro atoms. The number of hydrogen-bond acceptors (Lipinski definition) is 3. The summed E-state index contributed by atoms with van der Waals surface area (Å²) in [5.74, 6) is 1.76. The number of methoxy groups -OCH3 is 1. The van der Waals surface area contributed by atoms with Crippen LogP contribution in [0, 0.1) is 5.92 Å². The number of ether oxygens (including phenoxy) is 1. The van der Waals surface area contributed by atoms with E-state index in [9.17, 15) is 4.79 Å². The Morgan fingerprint density at radius 1 is 1.50 bits per heavy atom. The average Bonchev–Trinajstić information content (AvgIpc) is 2.94. The van der Waals surface area contributed by atoms with E-state index in [0.717, 1.165) is 30.2 Å². The summed E-state index contributed by atoms with van der Waals surface area (Å²) >= 11 is 0. The molecule has 1 amide bonds. The molecular formula is C15H17N3O2. The number of carbonyl (C=O) groups excluding carboxylic acids is 1. The van der Waals surface area contributed by atoms with Gasteiger partial charge in [0.25, 0.3) is 0 Å². The molecule has 0 saturated heterocycles. The third-order valence-electron chi connectivity index (χ3n) is 3.66. The Kier molecular flexibility index (Phi) is 3.41. The zero-order valence-electron chi connectivity index (χ0n) is 11.4. The summed E-state index contributed by atoms with van der Waals surface area (Å²) in [6.07, 6.45) is 5.30. The highest BCUT2D eigenvalue weighted by Crippen LogP contribution is 2.22. The van der Waals surface area contributed by atoms with Crippen molar-refractivity contribution in [2.24, 2.45) is 5.92 Å². The number of rotatable bonds is 3. The number of fused-ring (bicyclic) bond motifs is 1. The Labute approximate surface area is 117 Å². The molecule has 0 saturated carbocycles. The molecule has 1 atom stereocenters. The van der Waals surface area contributed by atoms with Gasteiger partial charge in [0.2, 0.25) is 5.91 Å². The maximum atomic E-state index is 12.3. The standard InChI is InChI=1S/C15H17N3O2/c1-20-13-4-2-3-12(10-13)17-15(19)11-5-7-18-8-6-16-14(18)9-11/h2-4,6,8,10-11H,5,7,9H2,1H3,(H,17,19). The van der Waals surface area contributed by atoms with E-state index in [1.54, 1.807) is 13.3 Å². The highest BCUT2D eigenvalue weighted by atomic mass is 16.5. The first-order valence-electron chi connectivity index (χ1n) is 6.71. The third-order valence-corrected chi connectivity index (χ3v) is 3.66. The van der Waals surface area contributed by atoms with Crippen LogP contribution in [0.3, 0.4) is 0 Å². The molecule has 5 heteroatoms. The Morgan fingerprint density at radius 3 is 3.25 bits per heavy atom. The van der Waals surface area contributed by atoms with Crippen LogP contribution in [0.15, 0.2) is 36.7 Å². The topological polar surface area (TPSA) is 56.1 Å². The molecule has 20 heavy (non-hydrogen) atoms. The molecular weight excluding hydrogens is 254 g/mol. The van der Waals surface area contributed by atoms with Crippen molar-refractivity contribution >= 4 is 11.6 Å². The van der Waals surface area contributed by atoms with Gasteiger partial charge in [0, 0.05) is 43.0 Å². The van der Waals surface area contributed by atoms with Crippen LogP contribution in [0.2, 0.25) is 0 Å². The normalized spacial score (nSPS) is 17.4. The molecule has 0 aliphatic carbocycles. The number of nitrogens with one attached hydrogen (secondary N) is 1. The fraction of sp³-hybridized carbons (Fsp3) is 0.333. The lowest BCUT2D eigenvalue weighted by Crippen LogP contribution is -2.30. The van der Waals surface area contributed by atoms with E-state index < -0.39 is 0 Å². The first kappa shape index (κ1) is 12.7. The van der Waals surface area contributed by atoms with Gasteiger partial charge >= 0.3 is 0 Å². The van der Waals surface area contributed by atoms with E-state index in [1.807, 2.05) is 30.5 Å². The summed E-state index contributed by atoms with van der Waals surface area (Å²) in [6, 6.07) is 7.40. The van der Waals surface area contributed by atoms with Gasteiger partial charge in [0.15, 0.2) is 0 Å². The maximum absolute atomic E-state index is 12.3. The number of carbonyl (C=O) groups is 1. The molecule has 5 nitrogen and oxygen atoms in total. The Morgan fingerprint density at radius 2 is 2.40 bits per heavy atom. The van der Waals surface area contributed by atoms with E-state index in [2.05, 4.69) is 14.9 Å². The number of aromatic nitrogens is 2. The quantitative estimate of drug-likeness (QED) is 0.930. The van der Waals surface area contributed by atoms with Gasteiger partial charge in [-0.1, -0.05) is 6.07 Å². The largest absolute Gasteiger partial charge is 0.497 e. The lowest BCUT2D eigenvalue weighted by Gasteiger charge is -2.22. The molecule has 3 rings (SSSR count). The zero-order valence-corrected chi connectivity index (χ0v) is 11.4. The van der Waals surface area contributed by atoms with Crippen LogP contribution in [0.25, 0.3) is 0 Å². The number of hydrogen-bond donors (Lipinski definition) is 1. The maximum Gasteiger partial charge on any atom is 0.228 e. The van der Waals surface area contributed by atoms with Crippen molar-refractivity contribution in [3.05, 3.63) is 42.5 Å². The minimum Gasteiger partial charge on any atom is -0.497 e. The second-order valence-electron chi connectivity index (χ2n) is 4.95. The third kappa shape index (κ3) is 2.52. The van der Waals surface area contributed by atoms with Crippen LogP contribution in [0.5, 0.6) is 5.75 Å². The second-order valence-corrected chi connectivity index (χ2v) is 4.95. The number of nitrogens with zero attached hydrogens (tertiary/aromatic N) is 2. The van der Waals surface area contributed by atoms with E-state index in [0.29, 0.717) is 6.42 Å². The van der Waals surface area contributed by atoms with Crippen molar-refractivity contribution < 1.29 is 9.53 Å². The van der Waals surface area contributed by atoms with Gasteiger partial charge in [0.05, 0.1) is 7.11 Å². The summed E-state index contributed by atoms with van der Waals surface area (Å²) in [5.41, 5.74) is 0.767. The average molecular weight is 271 g/mol. The number of imidazole rings is 1. The summed E-state index contributed by atoms with van der Waals surface area (Å²) in [4.78, 5) is 16.6. The van der Waals surface area contributed by atoms with Crippen LogP contribution < -0.4 is 10.1 Å². The number of amides is 1. The minimum absolute atomic E-state index is 0.0175. The molecule has 1 aliphatic heterocycles. The van der Waals surface area contributed by atoms with Gasteiger partial charge in [-0.15, -0.1) is 0 Å². The molecule has 1 aromatic carbocycles. The molecule has 1 aromatic heterocycles. The summed E-state index contributed by atoms with van der Waals surface area (Å²) in [6.45, 7) is 0.853. The van der Waals surface area contributed by atoms with Gasteiger partial charge < -0.3 is 14.6 Å². The monoisotopic (exact) mass is 271 g/mol. The molecule has 1 N–H and O–H groups in total. The molecule has 2 heterocycles. The number of anilines is 1. The van der Waals surface area contributed by atoms with Crippen LogP contribution in [0.1, 0.15) is 12.2 Å². The molecule has 0 fully saturated rings. The van der Waals surface area contributed by atoms with E-state index in [-0.39, 0.29) is 11.8 Å². The molecule has 1 aliphatic rings. The zero-order chi connectivity index (χ0) is 13.9. The first-order valence-corrected chi connectivity index (χ1v) is 6.71. The summed E-state index contributed by atoms with van der Waals surface area (Å²) < 4.78 is 7.26. The fourth-order valence-electron chi connectivity index (χ4n) is 2.52. The van der Waals surface area contributed by atoms with Gasteiger partial charge in [-0.2, -0.15) is 0 Å². The molecule has 0 bridgehead atoms. The smallest absolute Gasteiger partial charge is 0.228 e. The lowest BCUT2D eigenvalue weighted by atomic mass is 9.97. The van der Waals surface area contributed by atoms with Crippen LogP contribution in [-0.2, 0) is 17.8 Å². The number of aryl methyl sites for hydroxylation is 1. The Bertz CT molecular complexity index is 621. The van der Waals surface area contributed by atoms with Crippen molar-refractivity contribution in [3.63, 3.8) is 0 Å². The highest BCUT2D eigenvalue weighted by Gasteiger charge is 2.25. The predicted molar refractivity (Wildman–Crippen MR) is 75.7 cm³/mol. The van der Waals surface area contributed by atoms with Crippen LogP contribution in [0.4, 0.5) is 5.69 Å². The van der Waals surface area contributed by atoms with E-state index in [1.165, 1.54) is 0 Å². The predicted octanol–water partition coefficient (Wildman–Crippen LogP) is 2.09. The molecule has 1 unspecified atom stereocenters. The Hall–Kier alpha value is -2.30. The van der Waals surface area contributed by atoms with Crippen molar-refractivity contribution in [1.82, 2.24) is 9.55 Å². The fourth-order valence-corrected chi connectivity index (χ4v) is 2.52. The molecule has 104 valence electrons. The minimum atomic E-state index is -0.0175. The van der Waals surface area contributed by atoms with E-state index in [4.69, 9.17) is 4.74 Å². The second kappa shape index (κ2) is 5.36. The molecule has 2 aromatic rings. The van der Waals surface area contributed by atoms with Crippen LogP contribution >= 0.6 is 0 Å². The van der Waals surface area contributed by atoms with Gasteiger partial charge in [0.1, 0.15) is 11.6 Å². The van der Waals surface area contributed by atoms with Crippen molar-refractivity contribution in [3.8, 4) is 5.75 Å². The Balaban J connectivity index is 1.68. The lowest BCUT2D eigenvalue weighted by molar-refractivity contribution is -0.120. The first-order chi connectivity index (χ1) is 9.76. The van der Waals surface area contributed by atoms with Crippen molar-refractivity contribution in [2.45, 2.75) is 19.4 Å².